The van der Waals surface area contributed by atoms with Crippen LogP contribution in [0, 0.1) is 0 Å². The van der Waals surface area contributed by atoms with E-state index in [-0.39, 0.29) is 5.91 Å². The summed E-state index contributed by atoms with van der Waals surface area (Å²) in [6.07, 6.45) is 3.84. The second-order valence-electron chi connectivity index (χ2n) is 5.75. The third kappa shape index (κ3) is 3.47. The number of amides is 1. The molecule has 0 bridgehead atoms. The Morgan fingerprint density at radius 2 is 1.87 bits per heavy atom. The molecule has 0 fully saturated rings. The Balaban J connectivity index is 1.72. The highest BCUT2D eigenvalue weighted by Gasteiger charge is 2.13. The number of benzene rings is 2. The van der Waals surface area contributed by atoms with Gasteiger partial charge in [0, 0.05) is 6.07 Å². The molecular weight excluding hydrogens is 290 g/mol. The Bertz CT molecular complexity index is 725. The quantitative estimate of drug-likeness (QED) is 0.921. The van der Waals surface area contributed by atoms with Gasteiger partial charge in [-0.1, -0.05) is 18.2 Å². The molecule has 0 unspecified atom stereocenters. The third-order valence-corrected chi connectivity index (χ3v) is 4.21. The lowest BCUT2D eigenvalue weighted by Crippen LogP contribution is -2.15. The molecule has 1 N–H and O–H groups in total. The Kier molecular flexibility index (Phi) is 4.51. The fourth-order valence-electron chi connectivity index (χ4n) is 3.03. The zero-order valence-corrected chi connectivity index (χ0v) is 13.5. The molecule has 3 rings (SSSR count). The van der Waals surface area contributed by atoms with E-state index in [0.29, 0.717) is 23.6 Å². The van der Waals surface area contributed by atoms with Crippen LogP contribution in [0.1, 0.15) is 23.1 Å². The zero-order chi connectivity index (χ0) is 16.2. The molecule has 0 spiro atoms. The van der Waals surface area contributed by atoms with Crippen molar-refractivity contribution in [1.82, 2.24) is 0 Å². The maximum Gasteiger partial charge on any atom is 0.228 e. The highest BCUT2D eigenvalue weighted by atomic mass is 16.5. The van der Waals surface area contributed by atoms with Crippen molar-refractivity contribution in [3.05, 3.63) is 53.1 Å². The molecule has 0 heterocycles. The number of hydrogen-bond donors (Lipinski definition) is 1. The van der Waals surface area contributed by atoms with E-state index in [0.717, 1.165) is 18.4 Å². The molecule has 1 amide bonds. The van der Waals surface area contributed by atoms with Crippen molar-refractivity contribution in [2.45, 2.75) is 25.7 Å². The Morgan fingerprint density at radius 3 is 2.65 bits per heavy atom. The minimum Gasteiger partial charge on any atom is -0.497 e. The van der Waals surface area contributed by atoms with E-state index in [1.807, 2.05) is 6.07 Å². The lowest BCUT2D eigenvalue weighted by Gasteiger charge is -2.12. The van der Waals surface area contributed by atoms with Crippen LogP contribution in [-0.4, -0.2) is 20.1 Å². The summed E-state index contributed by atoms with van der Waals surface area (Å²) >= 11 is 0. The zero-order valence-electron chi connectivity index (χ0n) is 13.5. The van der Waals surface area contributed by atoms with Gasteiger partial charge in [-0.15, -0.1) is 0 Å². The van der Waals surface area contributed by atoms with E-state index in [9.17, 15) is 4.79 Å². The normalized spacial score (nSPS) is 12.6. The van der Waals surface area contributed by atoms with Crippen LogP contribution >= 0.6 is 0 Å². The molecule has 2 aromatic carbocycles. The fraction of sp³-hybridized carbons (Fsp3) is 0.316. The minimum absolute atomic E-state index is 0.0606. The van der Waals surface area contributed by atoms with Crippen molar-refractivity contribution >= 4 is 11.6 Å². The molecule has 1 aliphatic carbocycles. The van der Waals surface area contributed by atoms with Gasteiger partial charge in [-0.05, 0) is 48.1 Å². The first-order valence-electron chi connectivity index (χ1n) is 7.82. The van der Waals surface area contributed by atoms with Gasteiger partial charge in [0.05, 0.1) is 26.3 Å². The van der Waals surface area contributed by atoms with Crippen LogP contribution in [0.15, 0.2) is 36.4 Å². The smallest absolute Gasteiger partial charge is 0.228 e. The molecule has 0 radical (unpaired) electrons. The number of methoxy groups -OCH3 is 2. The van der Waals surface area contributed by atoms with Gasteiger partial charge >= 0.3 is 0 Å². The summed E-state index contributed by atoms with van der Waals surface area (Å²) in [6, 6.07) is 11.7. The Morgan fingerprint density at radius 1 is 1.04 bits per heavy atom. The topological polar surface area (TPSA) is 47.6 Å². The molecule has 120 valence electrons. The summed E-state index contributed by atoms with van der Waals surface area (Å²) in [5, 5.41) is 2.91. The summed E-state index contributed by atoms with van der Waals surface area (Å²) in [5.41, 5.74) is 4.47. The van der Waals surface area contributed by atoms with Crippen molar-refractivity contribution < 1.29 is 14.3 Å². The number of ether oxygens (including phenoxy) is 2. The van der Waals surface area contributed by atoms with Gasteiger partial charge in [-0.3, -0.25) is 4.79 Å². The Labute approximate surface area is 136 Å². The molecule has 0 saturated heterocycles. The van der Waals surface area contributed by atoms with E-state index in [2.05, 4.69) is 17.4 Å². The van der Waals surface area contributed by atoms with Gasteiger partial charge in [0.2, 0.25) is 5.91 Å². The van der Waals surface area contributed by atoms with Crippen LogP contribution in [0.4, 0.5) is 5.69 Å². The summed E-state index contributed by atoms with van der Waals surface area (Å²) in [5.74, 6) is 1.24. The molecule has 0 aliphatic heterocycles. The van der Waals surface area contributed by atoms with E-state index in [1.165, 1.54) is 17.5 Å². The monoisotopic (exact) mass is 311 g/mol. The average Bonchev–Trinajstić information content (AvgIpc) is 3.02. The van der Waals surface area contributed by atoms with Gasteiger partial charge in [0.25, 0.3) is 0 Å². The SMILES string of the molecule is COc1ccc(OC)c(NC(=O)Cc2ccc3c(c2)CCC3)c1. The molecule has 4 nitrogen and oxygen atoms in total. The Hall–Kier alpha value is -2.49. The van der Waals surface area contributed by atoms with Gasteiger partial charge in [0.15, 0.2) is 0 Å². The summed E-state index contributed by atoms with van der Waals surface area (Å²) in [6.45, 7) is 0. The van der Waals surface area contributed by atoms with Crippen LogP contribution in [0.25, 0.3) is 0 Å². The number of aryl methyl sites for hydroxylation is 2. The van der Waals surface area contributed by atoms with Crippen molar-refractivity contribution in [3.63, 3.8) is 0 Å². The second-order valence-corrected chi connectivity index (χ2v) is 5.75. The van der Waals surface area contributed by atoms with Crippen molar-refractivity contribution in [2.75, 3.05) is 19.5 Å². The third-order valence-electron chi connectivity index (χ3n) is 4.21. The van der Waals surface area contributed by atoms with E-state index >= 15 is 0 Å². The highest BCUT2D eigenvalue weighted by molar-refractivity contribution is 5.94. The van der Waals surface area contributed by atoms with E-state index in [4.69, 9.17) is 9.47 Å². The van der Waals surface area contributed by atoms with Crippen LogP contribution in [-0.2, 0) is 24.1 Å². The van der Waals surface area contributed by atoms with Crippen LogP contribution < -0.4 is 14.8 Å². The van der Waals surface area contributed by atoms with E-state index in [1.54, 1.807) is 32.4 Å². The minimum atomic E-state index is -0.0606. The lowest BCUT2D eigenvalue weighted by molar-refractivity contribution is -0.115. The number of nitrogens with one attached hydrogen (secondary N) is 1. The maximum atomic E-state index is 12.3. The molecule has 2 aromatic rings. The maximum absolute atomic E-state index is 12.3. The molecule has 0 atom stereocenters. The summed E-state index contributed by atoms with van der Waals surface area (Å²) < 4.78 is 10.5. The predicted molar refractivity (Wildman–Crippen MR) is 90.3 cm³/mol. The largest absolute Gasteiger partial charge is 0.497 e. The first-order chi connectivity index (χ1) is 11.2. The fourth-order valence-corrected chi connectivity index (χ4v) is 3.03. The standard InChI is InChI=1S/C19H21NO3/c1-22-16-8-9-18(23-2)17(12-16)20-19(21)11-13-6-7-14-4-3-5-15(14)10-13/h6-10,12H,3-5,11H2,1-2H3,(H,20,21). The number of carbonyl (C=O) groups is 1. The lowest BCUT2D eigenvalue weighted by atomic mass is 10.0. The van der Waals surface area contributed by atoms with Gasteiger partial charge < -0.3 is 14.8 Å². The predicted octanol–water partition coefficient (Wildman–Crippen LogP) is 3.37. The van der Waals surface area contributed by atoms with E-state index < -0.39 is 0 Å². The molecule has 0 saturated carbocycles. The van der Waals surface area contributed by atoms with Crippen molar-refractivity contribution in [3.8, 4) is 11.5 Å². The number of rotatable bonds is 5. The molecule has 23 heavy (non-hydrogen) atoms. The van der Waals surface area contributed by atoms with Gasteiger partial charge in [-0.2, -0.15) is 0 Å². The first-order valence-corrected chi connectivity index (χ1v) is 7.82. The molecular formula is C19H21NO3. The van der Waals surface area contributed by atoms with Crippen LogP contribution in [0.3, 0.4) is 0 Å². The second kappa shape index (κ2) is 6.73. The van der Waals surface area contributed by atoms with Crippen LogP contribution in [0.2, 0.25) is 0 Å². The van der Waals surface area contributed by atoms with Gasteiger partial charge in [0.1, 0.15) is 11.5 Å². The number of fused-ring (bicyclic) bond motifs is 1. The number of hydrogen-bond acceptors (Lipinski definition) is 3. The average molecular weight is 311 g/mol. The summed E-state index contributed by atoms with van der Waals surface area (Å²) in [7, 11) is 3.18. The van der Waals surface area contributed by atoms with Crippen molar-refractivity contribution in [2.24, 2.45) is 0 Å². The van der Waals surface area contributed by atoms with Gasteiger partial charge in [-0.25, -0.2) is 0 Å². The molecule has 4 heteroatoms. The number of carbonyl (C=O) groups excluding carboxylic acids is 1. The number of anilines is 1. The molecule has 1 aliphatic rings. The molecule has 0 aromatic heterocycles. The first kappa shape index (κ1) is 15.4. The van der Waals surface area contributed by atoms with Crippen molar-refractivity contribution in [1.29, 1.82) is 0 Å². The highest BCUT2D eigenvalue weighted by Crippen LogP contribution is 2.29. The van der Waals surface area contributed by atoms with Crippen LogP contribution in [0.5, 0.6) is 11.5 Å². The summed E-state index contributed by atoms with van der Waals surface area (Å²) in [4.78, 5) is 12.3.